The van der Waals surface area contributed by atoms with Gasteiger partial charge in [0.2, 0.25) is 5.82 Å². The van der Waals surface area contributed by atoms with Crippen molar-refractivity contribution >= 4 is 23.2 Å². The summed E-state index contributed by atoms with van der Waals surface area (Å²) in [7, 11) is 0. The fourth-order valence-corrected chi connectivity index (χ4v) is 1.31. The molecule has 0 amide bonds. The summed E-state index contributed by atoms with van der Waals surface area (Å²) in [5.41, 5.74) is 0. The average Bonchev–Trinajstić information content (AvgIpc) is 2.72. The lowest BCUT2D eigenvalue weighted by Crippen LogP contribution is -1.98. The second-order valence-corrected chi connectivity index (χ2v) is 3.54. The van der Waals surface area contributed by atoms with Gasteiger partial charge in [-0.1, -0.05) is 28.4 Å². The molecule has 0 aliphatic rings. The summed E-state index contributed by atoms with van der Waals surface area (Å²) >= 11 is 11.7. The van der Waals surface area contributed by atoms with E-state index in [4.69, 9.17) is 27.9 Å². The number of tetrazole rings is 1. The van der Waals surface area contributed by atoms with Crippen LogP contribution < -0.4 is 4.74 Å². The minimum Gasteiger partial charge on any atom is -0.484 e. The molecule has 1 aromatic carbocycles. The first-order valence-corrected chi connectivity index (χ1v) is 4.81. The molecule has 2 rings (SSSR count). The van der Waals surface area contributed by atoms with Crippen LogP contribution in [-0.2, 0) is 6.61 Å². The first kappa shape index (κ1) is 10.2. The number of aromatic amines is 1. The zero-order valence-electron chi connectivity index (χ0n) is 7.44. The summed E-state index contributed by atoms with van der Waals surface area (Å²) < 4.78 is 5.36. The highest BCUT2D eigenvalue weighted by Crippen LogP contribution is 2.27. The van der Waals surface area contributed by atoms with Crippen molar-refractivity contribution in [1.82, 2.24) is 20.6 Å². The molecule has 5 nitrogen and oxygen atoms in total. The van der Waals surface area contributed by atoms with Gasteiger partial charge in [0.05, 0.1) is 5.02 Å². The predicted octanol–water partition coefficient (Wildman–Crippen LogP) is 2.09. The molecular formula is C8H6Cl2N4O. The maximum absolute atomic E-state index is 5.89. The van der Waals surface area contributed by atoms with Crippen molar-refractivity contribution in [2.45, 2.75) is 6.61 Å². The van der Waals surface area contributed by atoms with Crippen LogP contribution in [0.5, 0.6) is 5.75 Å². The minimum absolute atomic E-state index is 0.191. The summed E-state index contributed by atoms with van der Waals surface area (Å²) in [6.07, 6.45) is 0. The zero-order chi connectivity index (χ0) is 10.7. The van der Waals surface area contributed by atoms with E-state index in [1.807, 2.05) is 0 Å². The van der Waals surface area contributed by atoms with E-state index in [0.29, 0.717) is 21.6 Å². The Kier molecular flexibility index (Phi) is 3.03. The SMILES string of the molecule is Clc1ccc(Cl)c(OCc2nn[nH]n2)c1. The molecule has 1 heterocycles. The van der Waals surface area contributed by atoms with Gasteiger partial charge in [0, 0.05) is 11.1 Å². The molecule has 0 radical (unpaired) electrons. The third-order valence-corrected chi connectivity index (χ3v) is 2.19. The van der Waals surface area contributed by atoms with Crippen LogP contribution in [0.3, 0.4) is 0 Å². The van der Waals surface area contributed by atoms with Gasteiger partial charge in [0.1, 0.15) is 5.75 Å². The topological polar surface area (TPSA) is 63.7 Å². The number of aromatic nitrogens is 4. The van der Waals surface area contributed by atoms with E-state index in [0.717, 1.165) is 0 Å². The summed E-state index contributed by atoms with van der Waals surface area (Å²) in [4.78, 5) is 0. The molecule has 0 unspecified atom stereocenters. The van der Waals surface area contributed by atoms with Crippen LogP contribution >= 0.6 is 23.2 Å². The van der Waals surface area contributed by atoms with Crippen molar-refractivity contribution in [3.63, 3.8) is 0 Å². The first-order chi connectivity index (χ1) is 7.25. The Morgan fingerprint density at radius 2 is 2.20 bits per heavy atom. The number of H-pyrrole nitrogens is 1. The molecule has 15 heavy (non-hydrogen) atoms. The Balaban J connectivity index is 2.07. The van der Waals surface area contributed by atoms with Crippen molar-refractivity contribution in [1.29, 1.82) is 0 Å². The summed E-state index contributed by atoms with van der Waals surface area (Å²) in [6.45, 7) is 0.191. The standard InChI is InChI=1S/C8H6Cl2N4O/c9-5-1-2-6(10)7(3-5)15-4-8-11-13-14-12-8/h1-3H,4H2,(H,11,12,13,14). The maximum Gasteiger partial charge on any atom is 0.211 e. The lowest BCUT2D eigenvalue weighted by Gasteiger charge is -2.05. The Morgan fingerprint density at radius 3 is 2.93 bits per heavy atom. The molecule has 1 N–H and O–H groups in total. The normalized spacial score (nSPS) is 10.3. The molecule has 7 heteroatoms. The second kappa shape index (κ2) is 4.46. The second-order valence-electron chi connectivity index (χ2n) is 2.69. The molecule has 78 valence electrons. The quantitative estimate of drug-likeness (QED) is 0.899. The fourth-order valence-electron chi connectivity index (χ4n) is 0.974. The molecule has 0 fully saturated rings. The van der Waals surface area contributed by atoms with E-state index in [2.05, 4.69) is 20.6 Å². The molecule has 0 saturated carbocycles. The third kappa shape index (κ3) is 2.57. The van der Waals surface area contributed by atoms with E-state index in [1.54, 1.807) is 18.2 Å². The van der Waals surface area contributed by atoms with Gasteiger partial charge in [-0.2, -0.15) is 5.21 Å². The smallest absolute Gasteiger partial charge is 0.211 e. The van der Waals surface area contributed by atoms with E-state index < -0.39 is 0 Å². The molecule has 0 spiro atoms. The van der Waals surface area contributed by atoms with Crippen LogP contribution in [0.1, 0.15) is 5.82 Å². The van der Waals surface area contributed by atoms with Crippen molar-refractivity contribution in [3.8, 4) is 5.75 Å². The van der Waals surface area contributed by atoms with E-state index in [1.165, 1.54) is 0 Å². The van der Waals surface area contributed by atoms with E-state index >= 15 is 0 Å². The van der Waals surface area contributed by atoms with E-state index in [9.17, 15) is 0 Å². The number of hydrogen-bond donors (Lipinski definition) is 1. The highest BCUT2D eigenvalue weighted by molar-refractivity contribution is 6.34. The van der Waals surface area contributed by atoms with Crippen LogP contribution in [0, 0.1) is 0 Å². The number of hydrogen-bond acceptors (Lipinski definition) is 4. The summed E-state index contributed by atoms with van der Waals surface area (Å²) in [6, 6.07) is 4.98. The van der Waals surface area contributed by atoms with E-state index in [-0.39, 0.29) is 6.61 Å². The minimum atomic E-state index is 0.191. The van der Waals surface area contributed by atoms with Gasteiger partial charge in [-0.05, 0) is 12.1 Å². The number of nitrogens with one attached hydrogen (secondary N) is 1. The molecule has 0 bridgehead atoms. The average molecular weight is 245 g/mol. The first-order valence-electron chi connectivity index (χ1n) is 4.06. The van der Waals surface area contributed by atoms with Gasteiger partial charge in [0.15, 0.2) is 6.61 Å². The Hall–Kier alpha value is -1.33. The summed E-state index contributed by atoms with van der Waals surface area (Å²) in [5, 5.41) is 14.2. The highest BCUT2D eigenvalue weighted by Gasteiger charge is 2.04. The van der Waals surface area contributed by atoms with Crippen LogP contribution in [0.2, 0.25) is 10.0 Å². The van der Waals surface area contributed by atoms with Gasteiger partial charge in [-0.25, -0.2) is 0 Å². The Bertz CT molecular complexity index is 446. The third-order valence-electron chi connectivity index (χ3n) is 1.64. The van der Waals surface area contributed by atoms with Crippen LogP contribution in [0.4, 0.5) is 0 Å². The maximum atomic E-state index is 5.89. The van der Waals surface area contributed by atoms with Crippen molar-refractivity contribution in [2.24, 2.45) is 0 Å². The largest absolute Gasteiger partial charge is 0.484 e. The number of nitrogens with zero attached hydrogens (tertiary/aromatic N) is 3. The van der Waals surface area contributed by atoms with Gasteiger partial charge in [0.25, 0.3) is 0 Å². The Morgan fingerprint density at radius 1 is 1.33 bits per heavy atom. The van der Waals surface area contributed by atoms with Crippen molar-refractivity contribution < 1.29 is 4.74 Å². The fraction of sp³-hybridized carbons (Fsp3) is 0.125. The van der Waals surface area contributed by atoms with Crippen molar-refractivity contribution in [3.05, 3.63) is 34.1 Å². The molecule has 0 aliphatic heterocycles. The zero-order valence-corrected chi connectivity index (χ0v) is 8.96. The van der Waals surface area contributed by atoms with Crippen LogP contribution in [0.15, 0.2) is 18.2 Å². The summed E-state index contributed by atoms with van der Waals surface area (Å²) in [5.74, 6) is 0.944. The van der Waals surface area contributed by atoms with Gasteiger partial charge in [-0.15, -0.1) is 10.2 Å². The monoisotopic (exact) mass is 244 g/mol. The van der Waals surface area contributed by atoms with Crippen molar-refractivity contribution in [2.75, 3.05) is 0 Å². The lowest BCUT2D eigenvalue weighted by atomic mass is 10.3. The molecule has 0 saturated heterocycles. The number of rotatable bonds is 3. The molecular weight excluding hydrogens is 239 g/mol. The Labute approximate surface area is 95.3 Å². The number of ether oxygens (including phenoxy) is 1. The highest BCUT2D eigenvalue weighted by atomic mass is 35.5. The molecule has 0 aliphatic carbocycles. The van der Waals surface area contributed by atoms with Crippen LogP contribution in [-0.4, -0.2) is 20.6 Å². The molecule has 0 atom stereocenters. The number of benzene rings is 1. The lowest BCUT2D eigenvalue weighted by molar-refractivity contribution is 0.296. The van der Waals surface area contributed by atoms with Crippen LogP contribution in [0.25, 0.3) is 0 Å². The van der Waals surface area contributed by atoms with Gasteiger partial charge in [-0.3, -0.25) is 0 Å². The molecule has 2 aromatic rings. The van der Waals surface area contributed by atoms with Gasteiger partial charge >= 0.3 is 0 Å². The molecule has 1 aromatic heterocycles. The van der Waals surface area contributed by atoms with Gasteiger partial charge < -0.3 is 4.74 Å². The number of halogens is 2. The predicted molar refractivity (Wildman–Crippen MR) is 55.0 cm³/mol.